The molecule has 3 aromatic rings. The lowest BCUT2D eigenvalue weighted by molar-refractivity contribution is -0.114. The summed E-state index contributed by atoms with van der Waals surface area (Å²) in [6.45, 7) is 1.46. The molecule has 1 N–H and O–H groups in total. The average Bonchev–Trinajstić information content (AvgIpc) is 2.82. The number of carbonyl (C=O) groups excluding carboxylic acids is 1. The van der Waals surface area contributed by atoms with Crippen LogP contribution < -0.4 is 10.1 Å². The molecule has 0 aliphatic carbocycles. The van der Waals surface area contributed by atoms with Gasteiger partial charge in [0, 0.05) is 12.6 Å². The van der Waals surface area contributed by atoms with Gasteiger partial charge in [-0.15, -0.1) is 0 Å². The maximum Gasteiger partial charge on any atom is 0.400 e. The quantitative estimate of drug-likeness (QED) is 0.788. The highest BCUT2D eigenvalue weighted by Gasteiger charge is 2.07. The number of oxazole rings is 1. The maximum atomic E-state index is 10.9. The number of hydrogen-bond acceptors (Lipinski definition) is 4. The molecule has 3 rings (SSSR count). The second kappa shape index (κ2) is 5.05. The number of anilines is 1. The number of rotatable bonds is 3. The maximum absolute atomic E-state index is 10.9. The average molecular weight is 268 g/mol. The van der Waals surface area contributed by atoms with Crippen LogP contribution in [0.3, 0.4) is 0 Å². The van der Waals surface area contributed by atoms with E-state index >= 15 is 0 Å². The zero-order chi connectivity index (χ0) is 13.9. The van der Waals surface area contributed by atoms with Crippen molar-refractivity contribution in [3.05, 3.63) is 48.5 Å². The summed E-state index contributed by atoms with van der Waals surface area (Å²) in [6, 6.07) is 14.4. The van der Waals surface area contributed by atoms with Crippen LogP contribution in [0, 0.1) is 0 Å². The number of nitrogens with zero attached hydrogens (tertiary/aromatic N) is 1. The second-order valence-corrected chi connectivity index (χ2v) is 4.26. The minimum atomic E-state index is -0.113. The Morgan fingerprint density at radius 3 is 2.60 bits per heavy atom. The molecular formula is C15H12N2O3. The van der Waals surface area contributed by atoms with Crippen LogP contribution in [-0.2, 0) is 4.79 Å². The predicted octanol–water partition coefficient (Wildman–Crippen LogP) is 3.58. The van der Waals surface area contributed by atoms with Crippen molar-refractivity contribution in [1.29, 1.82) is 0 Å². The fourth-order valence-electron chi connectivity index (χ4n) is 1.81. The molecule has 0 radical (unpaired) electrons. The smallest absolute Gasteiger partial charge is 0.400 e. The summed E-state index contributed by atoms with van der Waals surface area (Å²) in [6.07, 6.45) is 0.193. The van der Waals surface area contributed by atoms with Gasteiger partial charge < -0.3 is 14.5 Å². The fourth-order valence-corrected chi connectivity index (χ4v) is 1.81. The van der Waals surface area contributed by atoms with E-state index in [9.17, 15) is 4.79 Å². The summed E-state index contributed by atoms with van der Waals surface area (Å²) < 4.78 is 11.0. The summed E-state index contributed by atoms with van der Waals surface area (Å²) in [7, 11) is 0. The van der Waals surface area contributed by atoms with Crippen molar-refractivity contribution < 1.29 is 13.9 Å². The molecule has 20 heavy (non-hydrogen) atoms. The molecule has 0 spiro atoms. The Morgan fingerprint density at radius 1 is 1.15 bits per heavy atom. The summed E-state index contributed by atoms with van der Waals surface area (Å²) >= 11 is 0. The highest BCUT2D eigenvalue weighted by Crippen LogP contribution is 2.26. The standard InChI is InChI=1S/C15H12N2O3/c1-10(18)16-11-6-8-12(9-7-11)19-15-17-13-4-2-3-5-14(13)20-15/h2-9H,1H3,(H,16,18). The van der Waals surface area contributed by atoms with Gasteiger partial charge in [0.1, 0.15) is 11.3 Å². The van der Waals surface area contributed by atoms with Gasteiger partial charge in [0.25, 0.3) is 0 Å². The van der Waals surface area contributed by atoms with Crippen LogP contribution in [0.2, 0.25) is 0 Å². The SMILES string of the molecule is CC(=O)Nc1ccc(Oc2nc3ccccc3o2)cc1. The van der Waals surface area contributed by atoms with E-state index in [2.05, 4.69) is 10.3 Å². The van der Waals surface area contributed by atoms with Crippen LogP contribution in [0.25, 0.3) is 11.1 Å². The number of para-hydroxylation sites is 2. The predicted molar refractivity (Wildman–Crippen MR) is 74.8 cm³/mol. The third kappa shape index (κ3) is 2.61. The Bertz CT molecular complexity index is 714. The summed E-state index contributed by atoms with van der Waals surface area (Å²) in [4.78, 5) is 15.1. The molecular weight excluding hydrogens is 256 g/mol. The molecule has 0 atom stereocenters. The number of fused-ring (bicyclic) bond motifs is 1. The molecule has 1 heterocycles. The summed E-state index contributed by atoms with van der Waals surface area (Å²) in [5.41, 5.74) is 2.14. The van der Waals surface area contributed by atoms with Crippen LogP contribution >= 0.6 is 0 Å². The molecule has 1 amide bonds. The van der Waals surface area contributed by atoms with E-state index in [-0.39, 0.29) is 12.0 Å². The van der Waals surface area contributed by atoms with Crippen molar-refractivity contribution in [1.82, 2.24) is 4.98 Å². The number of amides is 1. The zero-order valence-corrected chi connectivity index (χ0v) is 10.8. The Labute approximate surface area is 115 Å². The molecule has 0 aliphatic rings. The Morgan fingerprint density at radius 2 is 1.90 bits per heavy atom. The van der Waals surface area contributed by atoms with Gasteiger partial charge in [0.15, 0.2) is 5.58 Å². The van der Waals surface area contributed by atoms with Gasteiger partial charge in [-0.1, -0.05) is 12.1 Å². The zero-order valence-electron chi connectivity index (χ0n) is 10.8. The van der Waals surface area contributed by atoms with Crippen molar-refractivity contribution in [2.75, 3.05) is 5.32 Å². The Balaban J connectivity index is 1.78. The lowest BCUT2D eigenvalue weighted by Gasteiger charge is -2.03. The van der Waals surface area contributed by atoms with Crippen LogP contribution in [0.15, 0.2) is 52.9 Å². The summed E-state index contributed by atoms with van der Waals surface area (Å²) in [5, 5.41) is 2.68. The minimum absolute atomic E-state index is 0.113. The molecule has 100 valence electrons. The monoisotopic (exact) mass is 268 g/mol. The number of aromatic nitrogens is 1. The fraction of sp³-hybridized carbons (Fsp3) is 0.0667. The third-order valence-corrected chi connectivity index (χ3v) is 2.65. The largest absolute Gasteiger partial charge is 0.411 e. The van der Waals surface area contributed by atoms with Gasteiger partial charge in [-0.05, 0) is 36.4 Å². The molecule has 0 saturated carbocycles. The highest BCUT2D eigenvalue weighted by atomic mass is 16.6. The van der Waals surface area contributed by atoms with Gasteiger partial charge in [-0.2, -0.15) is 4.98 Å². The van der Waals surface area contributed by atoms with Gasteiger partial charge >= 0.3 is 6.08 Å². The minimum Gasteiger partial charge on any atom is -0.411 e. The van der Waals surface area contributed by atoms with E-state index in [0.717, 1.165) is 5.52 Å². The van der Waals surface area contributed by atoms with E-state index in [1.165, 1.54) is 6.92 Å². The molecule has 1 aromatic heterocycles. The van der Waals surface area contributed by atoms with Crippen LogP contribution in [-0.4, -0.2) is 10.9 Å². The van der Waals surface area contributed by atoms with E-state index in [1.807, 2.05) is 24.3 Å². The molecule has 0 aliphatic heterocycles. The van der Waals surface area contributed by atoms with Crippen molar-refractivity contribution in [3.63, 3.8) is 0 Å². The third-order valence-electron chi connectivity index (χ3n) is 2.65. The van der Waals surface area contributed by atoms with Crippen LogP contribution in [0.4, 0.5) is 5.69 Å². The number of hydrogen-bond donors (Lipinski definition) is 1. The van der Waals surface area contributed by atoms with Gasteiger partial charge in [0.05, 0.1) is 0 Å². The van der Waals surface area contributed by atoms with Crippen molar-refractivity contribution >= 4 is 22.7 Å². The van der Waals surface area contributed by atoms with Crippen molar-refractivity contribution in [2.24, 2.45) is 0 Å². The Kier molecular flexibility index (Phi) is 3.09. The molecule has 5 nitrogen and oxygen atoms in total. The number of ether oxygens (including phenoxy) is 1. The number of benzene rings is 2. The lowest BCUT2D eigenvalue weighted by Crippen LogP contribution is -2.05. The summed E-state index contributed by atoms with van der Waals surface area (Å²) in [5.74, 6) is 0.475. The van der Waals surface area contributed by atoms with Crippen LogP contribution in [0.1, 0.15) is 6.92 Å². The van der Waals surface area contributed by atoms with E-state index in [1.54, 1.807) is 24.3 Å². The van der Waals surface area contributed by atoms with Crippen molar-refractivity contribution in [2.45, 2.75) is 6.92 Å². The molecule has 0 fully saturated rings. The van der Waals surface area contributed by atoms with E-state index < -0.39 is 0 Å². The molecule has 0 bridgehead atoms. The van der Waals surface area contributed by atoms with Crippen molar-refractivity contribution in [3.8, 4) is 11.8 Å². The highest BCUT2D eigenvalue weighted by molar-refractivity contribution is 5.88. The first-order valence-corrected chi connectivity index (χ1v) is 6.12. The van der Waals surface area contributed by atoms with Gasteiger partial charge in [0.2, 0.25) is 5.91 Å². The lowest BCUT2D eigenvalue weighted by atomic mass is 10.3. The number of carbonyl (C=O) groups is 1. The normalized spacial score (nSPS) is 10.4. The second-order valence-electron chi connectivity index (χ2n) is 4.26. The van der Waals surface area contributed by atoms with E-state index in [4.69, 9.17) is 9.15 Å². The molecule has 0 unspecified atom stereocenters. The molecule has 2 aromatic carbocycles. The molecule has 5 heteroatoms. The first-order valence-electron chi connectivity index (χ1n) is 6.12. The number of nitrogens with one attached hydrogen (secondary N) is 1. The van der Waals surface area contributed by atoms with Crippen LogP contribution in [0.5, 0.6) is 11.8 Å². The first kappa shape index (κ1) is 12.2. The molecule has 0 saturated heterocycles. The van der Waals surface area contributed by atoms with Gasteiger partial charge in [-0.25, -0.2) is 0 Å². The topological polar surface area (TPSA) is 64.4 Å². The van der Waals surface area contributed by atoms with Gasteiger partial charge in [-0.3, -0.25) is 4.79 Å². The first-order chi connectivity index (χ1) is 9.70. The van der Waals surface area contributed by atoms with E-state index in [0.29, 0.717) is 17.0 Å². The Hall–Kier alpha value is -2.82.